The van der Waals surface area contributed by atoms with Crippen LogP contribution in [0.4, 0.5) is 0 Å². The van der Waals surface area contributed by atoms with Crippen molar-refractivity contribution >= 4 is 22.7 Å². The maximum Gasteiger partial charge on any atom is 0.145 e. The summed E-state index contributed by atoms with van der Waals surface area (Å²) in [5, 5.41) is 3.74. The third-order valence-corrected chi connectivity index (χ3v) is 11.2. The zero-order valence-electron chi connectivity index (χ0n) is 26.5. The molecule has 1 aromatic heterocycles. The number of nitrogens with one attached hydrogen (secondary N) is 1. The van der Waals surface area contributed by atoms with Gasteiger partial charge in [-0.1, -0.05) is 140 Å². The molecule has 3 nitrogen and oxygen atoms in total. The highest BCUT2D eigenvalue weighted by Gasteiger charge is 2.51. The number of para-hydroxylation sites is 2. The Balaban J connectivity index is 1.13. The Morgan fingerprint density at radius 3 is 1.88 bits per heavy atom. The van der Waals surface area contributed by atoms with Gasteiger partial charge >= 0.3 is 0 Å². The molecule has 1 atom stereocenters. The van der Waals surface area contributed by atoms with Gasteiger partial charge in [0.05, 0.1) is 21.7 Å². The summed E-state index contributed by atoms with van der Waals surface area (Å²) in [4.78, 5) is 7.44. The Morgan fingerprint density at radius 2 is 1.12 bits per heavy atom. The van der Waals surface area contributed by atoms with E-state index in [2.05, 4.69) is 163 Å². The van der Waals surface area contributed by atoms with E-state index in [-0.39, 0.29) is 6.17 Å². The molecule has 0 amide bonds. The molecule has 0 saturated carbocycles. The number of fused-ring (bicyclic) bond motifs is 9. The van der Waals surface area contributed by atoms with Crippen LogP contribution in [0, 0.1) is 0 Å². The van der Waals surface area contributed by atoms with Gasteiger partial charge in [-0.3, -0.25) is 4.99 Å². The largest absolute Gasteiger partial charge is 0.456 e. The second-order valence-electron chi connectivity index (χ2n) is 12.7. The van der Waals surface area contributed by atoms with Gasteiger partial charge < -0.3 is 10.1 Å². The van der Waals surface area contributed by atoms with Crippen molar-refractivity contribution in [1.82, 2.24) is 5.32 Å². The minimum atomic E-state index is -0.481. The maximum atomic E-state index is 6.94. The van der Waals surface area contributed by atoms with Crippen LogP contribution in [0.1, 0.15) is 44.4 Å². The van der Waals surface area contributed by atoms with Gasteiger partial charge in [0.15, 0.2) is 0 Å². The fourth-order valence-corrected chi connectivity index (χ4v) is 8.94. The van der Waals surface area contributed by atoms with E-state index in [9.17, 15) is 0 Å². The molecule has 3 aliphatic rings. The zero-order chi connectivity index (χ0) is 32.4. The van der Waals surface area contributed by atoms with E-state index in [0.29, 0.717) is 0 Å². The first kappa shape index (κ1) is 28.1. The topological polar surface area (TPSA) is 33.6 Å². The van der Waals surface area contributed by atoms with Crippen LogP contribution in [-0.4, -0.2) is 5.71 Å². The molecule has 0 fully saturated rings. The quantitative estimate of drug-likeness (QED) is 0.206. The van der Waals surface area contributed by atoms with Gasteiger partial charge in [0.25, 0.3) is 0 Å². The lowest BCUT2D eigenvalue weighted by atomic mass is 9.66. The Morgan fingerprint density at radius 1 is 0.531 bits per heavy atom. The highest BCUT2D eigenvalue weighted by molar-refractivity contribution is 7.16. The minimum Gasteiger partial charge on any atom is -0.456 e. The smallest absolute Gasteiger partial charge is 0.145 e. The maximum absolute atomic E-state index is 6.94. The van der Waals surface area contributed by atoms with E-state index >= 15 is 0 Å². The van der Waals surface area contributed by atoms with E-state index in [1.165, 1.54) is 33.4 Å². The second kappa shape index (κ2) is 11.0. The van der Waals surface area contributed by atoms with Crippen LogP contribution >= 0.6 is 11.3 Å². The molecule has 1 spiro atoms. The van der Waals surface area contributed by atoms with Gasteiger partial charge in [0.2, 0.25) is 0 Å². The van der Waals surface area contributed by atoms with Crippen molar-refractivity contribution in [1.29, 1.82) is 0 Å². The van der Waals surface area contributed by atoms with Crippen molar-refractivity contribution < 1.29 is 4.74 Å². The summed E-state index contributed by atoms with van der Waals surface area (Å²) in [5.41, 5.74) is 12.4. The van der Waals surface area contributed by atoms with Gasteiger partial charge in [-0.2, -0.15) is 0 Å². The normalized spacial score (nSPS) is 16.3. The molecule has 232 valence electrons. The summed E-state index contributed by atoms with van der Waals surface area (Å²) in [6, 6.07) is 58.3. The third-order valence-electron chi connectivity index (χ3n) is 10.0. The predicted molar refractivity (Wildman–Crippen MR) is 200 cm³/mol. The average molecular weight is 647 g/mol. The summed E-state index contributed by atoms with van der Waals surface area (Å²) in [6.45, 7) is 0. The SMILES string of the molecule is C1=C(c2ccc(-c3cccc4c3Oc3ccccc3C43c4ccccc4-c4ccccc43)s2)NC(c2ccccc2)N=C1c1ccccc1. The first-order chi connectivity index (χ1) is 24.3. The second-order valence-corrected chi connectivity index (χ2v) is 13.8. The lowest BCUT2D eigenvalue weighted by Gasteiger charge is -2.40. The number of nitrogens with zero attached hydrogens (tertiary/aromatic N) is 1. The fourth-order valence-electron chi connectivity index (χ4n) is 7.94. The monoisotopic (exact) mass is 646 g/mol. The van der Waals surface area contributed by atoms with Crippen molar-refractivity contribution in [3.8, 4) is 33.1 Å². The first-order valence-corrected chi connectivity index (χ1v) is 17.5. The average Bonchev–Trinajstić information content (AvgIpc) is 3.78. The molecule has 1 aliphatic carbocycles. The lowest BCUT2D eigenvalue weighted by molar-refractivity contribution is 0.438. The van der Waals surface area contributed by atoms with Crippen LogP contribution in [0.25, 0.3) is 27.3 Å². The van der Waals surface area contributed by atoms with E-state index in [4.69, 9.17) is 9.73 Å². The predicted octanol–water partition coefficient (Wildman–Crippen LogP) is 11.0. The zero-order valence-corrected chi connectivity index (χ0v) is 27.3. The number of benzene rings is 6. The number of aliphatic imine (C=N–C) groups is 1. The van der Waals surface area contributed by atoms with Gasteiger partial charge in [-0.25, -0.2) is 0 Å². The van der Waals surface area contributed by atoms with Gasteiger partial charge in [-0.15, -0.1) is 11.3 Å². The van der Waals surface area contributed by atoms with Gasteiger partial charge in [0, 0.05) is 21.6 Å². The molecular formula is C45H30N2OS. The number of rotatable bonds is 4. The highest BCUT2D eigenvalue weighted by atomic mass is 32.1. The summed E-state index contributed by atoms with van der Waals surface area (Å²) in [6.07, 6.45) is 1.99. The Kier molecular flexibility index (Phi) is 6.33. The summed E-state index contributed by atoms with van der Waals surface area (Å²) < 4.78 is 6.94. The number of allylic oxidation sites excluding steroid dienone is 1. The van der Waals surface area contributed by atoms with Crippen LogP contribution in [0.3, 0.4) is 0 Å². The van der Waals surface area contributed by atoms with Crippen LogP contribution < -0.4 is 10.1 Å². The fraction of sp³-hybridized carbons (Fsp3) is 0.0444. The molecule has 7 aromatic rings. The lowest BCUT2D eigenvalue weighted by Crippen LogP contribution is -2.32. The number of hydrogen-bond acceptors (Lipinski definition) is 4. The van der Waals surface area contributed by atoms with Crippen LogP contribution in [0.2, 0.25) is 0 Å². The molecule has 4 heteroatoms. The van der Waals surface area contributed by atoms with Crippen molar-refractivity contribution in [3.05, 3.63) is 208 Å². The minimum absolute atomic E-state index is 0.186. The Labute approximate surface area is 289 Å². The standard InChI is InChI=1S/C45H30N2OS/c1-3-14-29(15-4-1)38-28-39(47-44(46-38)30-16-5-2-6-17-30)42-27-26-41(49-42)33-20-13-24-37-43(33)48-40-25-12-11-23-36(40)45(37)34-21-9-7-18-31(34)32-19-8-10-22-35(32)45/h1-28,44,47H. The van der Waals surface area contributed by atoms with Gasteiger partial charge in [-0.05, 0) is 63.7 Å². The Hall–Kier alpha value is -5.97. The van der Waals surface area contributed by atoms with Crippen LogP contribution in [0.15, 0.2) is 175 Å². The molecule has 6 aromatic carbocycles. The molecule has 0 bridgehead atoms. The van der Waals surface area contributed by atoms with Crippen LogP contribution in [0.5, 0.6) is 11.5 Å². The molecule has 1 unspecified atom stereocenters. The van der Waals surface area contributed by atoms with Crippen LogP contribution in [-0.2, 0) is 5.41 Å². The molecule has 10 rings (SSSR count). The molecule has 0 saturated heterocycles. The number of ether oxygens (including phenoxy) is 1. The summed E-state index contributed by atoms with van der Waals surface area (Å²) >= 11 is 1.78. The highest BCUT2D eigenvalue weighted by Crippen LogP contribution is 2.63. The third kappa shape index (κ3) is 4.24. The van der Waals surface area contributed by atoms with Gasteiger partial charge in [0.1, 0.15) is 17.7 Å². The number of thiophene rings is 1. The van der Waals surface area contributed by atoms with E-state index in [1.54, 1.807) is 11.3 Å². The van der Waals surface area contributed by atoms with Crippen molar-refractivity contribution in [2.24, 2.45) is 4.99 Å². The molecule has 3 heterocycles. The van der Waals surface area contributed by atoms with E-state index in [1.807, 2.05) is 12.1 Å². The summed E-state index contributed by atoms with van der Waals surface area (Å²) in [7, 11) is 0. The molecule has 49 heavy (non-hydrogen) atoms. The Bertz CT molecular complexity index is 2410. The molecule has 2 aliphatic heterocycles. The number of hydrogen-bond donors (Lipinski definition) is 1. The van der Waals surface area contributed by atoms with E-state index in [0.717, 1.165) is 49.4 Å². The van der Waals surface area contributed by atoms with Crippen molar-refractivity contribution in [2.45, 2.75) is 11.6 Å². The van der Waals surface area contributed by atoms with Crippen molar-refractivity contribution in [3.63, 3.8) is 0 Å². The summed E-state index contributed by atoms with van der Waals surface area (Å²) in [5.74, 6) is 1.82. The molecule has 0 radical (unpaired) electrons. The molecular weight excluding hydrogens is 617 g/mol. The first-order valence-electron chi connectivity index (χ1n) is 16.7. The van der Waals surface area contributed by atoms with Crippen molar-refractivity contribution in [2.75, 3.05) is 0 Å². The molecule has 1 N–H and O–H groups in total. The van der Waals surface area contributed by atoms with E-state index < -0.39 is 5.41 Å².